The predicted molar refractivity (Wildman–Crippen MR) is 38.8 cm³/mol. The lowest BCUT2D eigenvalue weighted by atomic mass is 10.5. The number of nitrogens with one attached hydrogen (secondary N) is 1. The van der Waals surface area contributed by atoms with Gasteiger partial charge in [-0.15, -0.1) is 0 Å². The second-order valence-corrected chi connectivity index (χ2v) is 4.58. The van der Waals surface area contributed by atoms with Crippen LogP contribution in [0.1, 0.15) is 6.92 Å². The standard InChI is InChI=1S/C5H10N2O2S/c1-5(6)7-2-3-10(8,9)4-7/h6H,2-4H2,1H3. The molecule has 1 fully saturated rings. The van der Waals surface area contributed by atoms with E-state index in [9.17, 15) is 8.42 Å². The molecule has 0 aromatic rings. The summed E-state index contributed by atoms with van der Waals surface area (Å²) in [4.78, 5) is 1.55. The lowest BCUT2D eigenvalue weighted by Crippen LogP contribution is -2.25. The average Bonchev–Trinajstić information content (AvgIpc) is 2.10. The predicted octanol–water partition coefficient (Wildman–Crippen LogP) is -0.329. The first-order chi connectivity index (χ1) is 4.51. The smallest absolute Gasteiger partial charge is 0.170 e. The Hall–Kier alpha value is -0.580. The lowest BCUT2D eigenvalue weighted by molar-refractivity contribution is 0.527. The lowest BCUT2D eigenvalue weighted by Gasteiger charge is -2.11. The molecule has 1 saturated heterocycles. The highest BCUT2D eigenvalue weighted by atomic mass is 32.2. The molecule has 0 aliphatic carbocycles. The molecule has 0 aromatic carbocycles. The molecule has 1 N–H and O–H groups in total. The van der Waals surface area contributed by atoms with Gasteiger partial charge in [-0.05, 0) is 6.92 Å². The summed E-state index contributed by atoms with van der Waals surface area (Å²) >= 11 is 0. The molecule has 0 spiro atoms. The van der Waals surface area contributed by atoms with E-state index < -0.39 is 9.84 Å². The van der Waals surface area contributed by atoms with Crippen LogP contribution in [0.15, 0.2) is 0 Å². The zero-order chi connectivity index (χ0) is 7.78. The van der Waals surface area contributed by atoms with Crippen LogP contribution in [-0.4, -0.2) is 37.3 Å². The van der Waals surface area contributed by atoms with E-state index in [4.69, 9.17) is 5.41 Å². The summed E-state index contributed by atoms with van der Waals surface area (Å²) in [5, 5.41) is 7.13. The fraction of sp³-hybridized carbons (Fsp3) is 0.800. The summed E-state index contributed by atoms with van der Waals surface area (Å²) in [5.41, 5.74) is 0. The van der Waals surface area contributed by atoms with Crippen LogP contribution < -0.4 is 0 Å². The Kier molecular flexibility index (Phi) is 1.68. The van der Waals surface area contributed by atoms with Crippen molar-refractivity contribution < 1.29 is 8.42 Å². The second kappa shape index (κ2) is 2.23. The van der Waals surface area contributed by atoms with Crippen molar-refractivity contribution in [2.24, 2.45) is 0 Å². The van der Waals surface area contributed by atoms with Gasteiger partial charge in [0.25, 0.3) is 0 Å². The molecule has 10 heavy (non-hydrogen) atoms. The van der Waals surface area contributed by atoms with Crippen LogP contribution in [0.25, 0.3) is 0 Å². The van der Waals surface area contributed by atoms with Crippen molar-refractivity contribution in [3.63, 3.8) is 0 Å². The van der Waals surface area contributed by atoms with E-state index in [2.05, 4.69) is 0 Å². The fourth-order valence-electron chi connectivity index (χ4n) is 0.880. The summed E-state index contributed by atoms with van der Waals surface area (Å²) in [6, 6.07) is 0. The van der Waals surface area contributed by atoms with Crippen molar-refractivity contribution in [3.05, 3.63) is 0 Å². The molecule has 4 nitrogen and oxygen atoms in total. The first-order valence-electron chi connectivity index (χ1n) is 3.02. The zero-order valence-electron chi connectivity index (χ0n) is 5.79. The fourth-order valence-corrected chi connectivity index (χ4v) is 2.31. The number of sulfone groups is 1. The van der Waals surface area contributed by atoms with Crippen molar-refractivity contribution in [2.75, 3.05) is 18.2 Å². The van der Waals surface area contributed by atoms with Crippen LogP contribution in [0.2, 0.25) is 0 Å². The van der Waals surface area contributed by atoms with Gasteiger partial charge in [-0.25, -0.2) is 8.42 Å². The van der Waals surface area contributed by atoms with Gasteiger partial charge < -0.3 is 4.90 Å². The summed E-state index contributed by atoms with van der Waals surface area (Å²) in [6.45, 7) is 2.08. The Balaban J connectivity index is 2.69. The third kappa shape index (κ3) is 1.47. The number of nitrogens with zero attached hydrogens (tertiary/aromatic N) is 1. The zero-order valence-corrected chi connectivity index (χ0v) is 6.61. The summed E-state index contributed by atoms with van der Waals surface area (Å²) in [7, 11) is -2.86. The third-order valence-corrected chi connectivity index (χ3v) is 3.01. The van der Waals surface area contributed by atoms with Gasteiger partial charge in [-0.2, -0.15) is 0 Å². The van der Waals surface area contributed by atoms with Crippen LogP contribution in [0.3, 0.4) is 0 Å². The molecular formula is C5H10N2O2S. The minimum Gasteiger partial charge on any atom is -0.345 e. The van der Waals surface area contributed by atoms with Gasteiger partial charge in [0.2, 0.25) is 0 Å². The Labute approximate surface area is 60.3 Å². The maximum Gasteiger partial charge on any atom is 0.170 e. The number of amidine groups is 1. The van der Waals surface area contributed by atoms with Gasteiger partial charge in [-0.1, -0.05) is 0 Å². The summed E-state index contributed by atoms with van der Waals surface area (Å²) in [6.07, 6.45) is 0. The van der Waals surface area contributed by atoms with Crippen LogP contribution in [0.5, 0.6) is 0 Å². The highest BCUT2D eigenvalue weighted by Gasteiger charge is 2.25. The first-order valence-corrected chi connectivity index (χ1v) is 4.84. The molecule has 1 aliphatic rings. The molecule has 1 heterocycles. The number of hydrogen-bond acceptors (Lipinski definition) is 3. The Morgan fingerprint density at radius 2 is 2.20 bits per heavy atom. The highest BCUT2D eigenvalue weighted by Crippen LogP contribution is 2.06. The quantitative estimate of drug-likeness (QED) is 0.392. The molecule has 5 heteroatoms. The normalized spacial score (nSPS) is 23.1. The average molecular weight is 162 g/mol. The van der Waals surface area contributed by atoms with E-state index >= 15 is 0 Å². The molecule has 58 valence electrons. The first kappa shape index (κ1) is 7.53. The van der Waals surface area contributed by atoms with Gasteiger partial charge in [-0.3, -0.25) is 5.41 Å². The van der Waals surface area contributed by atoms with Gasteiger partial charge in [0.15, 0.2) is 9.84 Å². The monoisotopic (exact) mass is 162 g/mol. The Morgan fingerprint density at radius 3 is 2.40 bits per heavy atom. The largest absolute Gasteiger partial charge is 0.345 e. The topological polar surface area (TPSA) is 61.2 Å². The van der Waals surface area contributed by atoms with E-state index in [0.29, 0.717) is 12.4 Å². The van der Waals surface area contributed by atoms with Crippen LogP contribution >= 0.6 is 0 Å². The summed E-state index contributed by atoms with van der Waals surface area (Å²) < 4.78 is 21.6. The van der Waals surface area contributed by atoms with Crippen LogP contribution in [0.4, 0.5) is 0 Å². The molecular weight excluding hydrogens is 152 g/mol. The van der Waals surface area contributed by atoms with Crippen molar-refractivity contribution in [2.45, 2.75) is 6.92 Å². The molecule has 0 bridgehead atoms. The van der Waals surface area contributed by atoms with Crippen molar-refractivity contribution in [3.8, 4) is 0 Å². The SMILES string of the molecule is CC(=N)N1CCS(=O)(=O)C1. The van der Waals surface area contributed by atoms with Gasteiger partial charge in [0.1, 0.15) is 5.88 Å². The molecule has 0 unspecified atom stereocenters. The molecule has 0 aromatic heterocycles. The number of hydrogen-bond donors (Lipinski definition) is 1. The van der Waals surface area contributed by atoms with Crippen molar-refractivity contribution >= 4 is 15.7 Å². The maximum absolute atomic E-state index is 10.8. The van der Waals surface area contributed by atoms with Gasteiger partial charge in [0.05, 0.1) is 11.6 Å². The number of rotatable bonds is 0. The maximum atomic E-state index is 10.8. The van der Waals surface area contributed by atoms with Crippen LogP contribution in [0, 0.1) is 5.41 Å². The Morgan fingerprint density at radius 1 is 1.60 bits per heavy atom. The second-order valence-electron chi connectivity index (χ2n) is 2.43. The minimum atomic E-state index is -2.86. The summed E-state index contributed by atoms with van der Waals surface area (Å²) in [5.74, 6) is 0.562. The molecule has 0 amide bonds. The van der Waals surface area contributed by atoms with E-state index in [0.717, 1.165) is 0 Å². The highest BCUT2D eigenvalue weighted by molar-refractivity contribution is 7.91. The Bertz CT molecular complexity index is 244. The minimum absolute atomic E-state index is 0.0301. The van der Waals surface area contributed by atoms with Crippen LogP contribution in [-0.2, 0) is 9.84 Å². The van der Waals surface area contributed by atoms with Gasteiger partial charge >= 0.3 is 0 Å². The molecule has 1 aliphatic heterocycles. The molecule has 0 saturated carbocycles. The van der Waals surface area contributed by atoms with E-state index in [1.54, 1.807) is 11.8 Å². The van der Waals surface area contributed by atoms with E-state index in [1.165, 1.54) is 0 Å². The molecule has 1 rings (SSSR count). The molecule has 0 radical (unpaired) electrons. The third-order valence-electron chi connectivity index (χ3n) is 1.50. The van der Waals surface area contributed by atoms with Gasteiger partial charge in [0, 0.05) is 6.54 Å². The van der Waals surface area contributed by atoms with Crippen molar-refractivity contribution in [1.29, 1.82) is 5.41 Å². The molecule has 0 atom stereocenters. The van der Waals surface area contributed by atoms with E-state index in [1.807, 2.05) is 0 Å². The van der Waals surface area contributed by atoms with E-state index in [-0.39, 0.29) is 11.6 Å². The van der Waals surface area contributed by atoms with Crippen molar-refractivity contribution in [1.82, 2.24) is 4.90 Å².